The van der Waals surface area contributed by atoms with E-state index in [1.807, 2.05) is 43.3 Å². The molecule has 3 rings (SSSR count). The lowest BCUT2D eigenvalue weighted by molar-refractivity contribution is -0.143. The Morgan fingerprint density at radius 2 is 1.92 bits per heavy atom. The summed E-state index contributed by atoms with van der Waals surface area (Å²) in [5, 5.41) is 2.39. The third-order valence-electron chi connectivity index (χ3n) is 3.73. The molecule has 0 aliphatic heterocycles. The number of hydrogen-bond donors (Lipinski definition) is 1. The molecular formula is C19H17N3O4. The number of nitrogens with one attached hydrogen (secondary N) is 1. The topological polar surface area (TPSA) is 89.8 Å². The van der Waals surface area contributed by atoms with Crippen LogP contribution >= 0.6 is 0 Å². The molecule has 0 aliphatic carbocycles. The van der Waals surface area contributed by atoms with Gasteiger partial charge >= 0.3 is 5.97 Å². The first-order valence-corrected chi connectivity index (χ1v) is 8.00. The van der Waals surface area contributed by atoms with Crippen molar-refractivity contribution in [2.24, 2.45) is 0 Å². The molecule has 2 heterocycles. The van der Waals surface area contributed by atoms with E-state index in [2.05, 4.69) is 10.3 Å². The van der Waals surface area contributed by atoms with Crippen molar-refractivity contribution in [3.63, 3.8) is 0 Å². The standard InChI is InChI=1S/C19H17N3O4/c1-13-7-8-16-20-9-15(19(25)22(16)11-13)18(24)21-10-17(23)26-12-14-5-3-2-4-6-14/h2-9,11H,10,12H2,1H3,(H,21,24). The minimum absolute atomic E-state index is 0.120. The van der Waals surface area contributed by atoms with E-state index < -0.39 is 17.4 Å². The highest BCUT2D eigenvalue weighted by Crippen LogP contribution is 2.02. The van der Waals surface area contributed by atoms with Crippen LogP contribution in [0.3, 0.4) is 0 Å². The van der Waals surface area contributed by atoms with Gasteiger partial charge in [-0.2, -0.15) is 0 Å². The molecule has 1 N–H and O–H groups in total. The molecule has 2 aromatic heterocycles. The summed E-state index contributed by atoms with van der Waals surface area (Å²) in [4.78, 5) is 40.5. The zero-order valence-corrected chi connectivity index (χ0v) is 14.1. The number of hydrogen-bond acceptors (Lipinski definition) is 5. The number of benzene rings is 1. The summed E-state index contributed by atoms with van der Waals surface area (Å²) in [6, 6.07) is 12.7. The van der Waals surface area contributed by atoms with Crippen LogP contribution < -0.4 is 10.9 Å². The Morgan fingerprint density at radius 1 is 1.15 bits per heavy atom. The van der Waals surface area contributed by atoms with Crippen LogP contribution in [0.2, 0.25) is 0 Å². The Kier molecular flexibility index (Phi) is 5.07. The summed E-state index contributed by atoms with van der Waals surface area (Å²) in [6.45, 7) is 1.62. The lowest BCUT2D eigenvalue weighted by atomic mass is 10.2. The van der Waals surface area contributed by atoms with E-state index in [0.717, 1.165) is 11.1 Å². The van der Waals surface area contributed by atoms with Crippen molar-refractivity contribution in [1.82, 2.24) is 14.7 Å². The van der Waals surface area contributed by atoms with Crippen LogP contribution in [0.25, 0.3) is 5.65 Å². The van der Waals surface area contributed by atoms with Crippen LogP contribution in [0.1, 0.15) is 21.5 Å². The molecule has 7 nitrogen and oxygen atoms in total. The fourth-order valence-electron chi connectivity index (χ4n) is 2.38. The highest BCUT2D eigenvalue weighted by molar-refractivity contribution is 5.95. The monoisotopic (exact) mass is 351 g/mol. The molecule has 0 radical (unpaired) electrons. The number of rotatable bonds is 5. The molecule has 7 heteroatoms. The van der Waals surface area contributed by atoms with Crippen molar-refractivity contribution in [3.05, 3.63) is 81.9 Å². The minimum atomic E-state index is -0.671. The Labute approximate surface area is 149 Å². The molecule has 0 fully saturated rings. The summed E-state index contributed by atoms with van der Waals surface area (Å²) in [6.07, 6.45) is 2.81. The van der Waals surface area contributed by atoms with Crippen molar-refractivity contribution in [2.75, 3.05) is 6.54 Å². The molecule has 3 aromatic rings. The maximum absolute atomic E-state index is 12.4. The van der Waals surface area contributed by atoms with Gasteiger partial charge in [0, 0.05) is 12.4 Å². The molecular weight excluding hydrogens is 334 g/mol. The number of ether oxygens (including phenoxy) is 1. The normalized spacial score (nSPS) is 10.5. The zero-order chi connectivity index (χ0) is 18.5. The Hall–Kier alpha value is -3.48. The quantitative estimate of drug-likeness (QED) is 0.703. The van der Waals surface area contributed by atoms with E-state index in [1.165, 1.54) is 10.6 Å². The second kappa shape index (κ2) is 7.60. The van der Waals surface area contributed by atoms with Crippen molar-refractivity contribution in [2.45, 2.75) is 13.5 Å². The van der Waals surface area contributed by atoms with Gasteiger partial charge in [-0.1, -0.05) is 36.4 Å². The van der Waals surface area contributed by atoms with Gasteiger partial charge in [-0.05, 0) is 24.1 Å². The van der Waals surface area contributed by atoms with E-state index in [9.17, 15) is 14.4 Å². The molecule has 1 amide bonds. The first kappa shape index (κ1) is 17.3. The van der Waals surface area contributed by atoms with Crippen LogP contribution in [-0.4, -0.2) is 27.8 Å². The number of nitrogens with zero attached hydrogens (tertiary/aromatic N) is 2. The van der Waals surface area contributed by atoms with Gasteiger partial charge in [0.25, 0.3) is 11.5 Å². The van der Waals surface area contributed by atoms with Gasteiger partial charge in [-0.25, -0.2) is 4.98 Å². The van der Waals surface area contributed by atoms with Gasteiger partial charge < -0.3 is 10.1 Å². The van der Waals surface area contributed by atoms with Crippen molar-refractivity contribution >= 4 is 17.5 Å². The number of esters is 1. The number of fused-ring (bicyclic) bond motifs is 1. The van der Waals surface area contributed by atoms with E-state index in [-0.39, 0.29) is 18.7 Å². The number of aryl methyl sites for hydroxylation is 1. The van der Waals surface area contributed by atoms with Crippen LogP contribution in [0.15, 0.2) is 59.7 Å². The van der Waals surface area contributed by atoms with Gasteiger partial charge in [0.1, 0.15) is 24.4 Å². The largest absolute Gasteiger partial charge is 0.460 e. The molecule has 132 valence electrons. The summed E-state index contributed by atoms with van der Waals surface area (Å²) < 4.78 is 6.38. The predicted octanol–water partition coefficient (Wildman–Crippen LogP) is 1.48. The van der Waals surface area contributed by atoms with Gasteiger partial charge in [0.05, 0.1) is 0 Å². The lowest BCUT2D eigenvalue weighted by Crippen LogP contribution is -2.35. The maximum Gasteiger partial charge on any atom is 0.325 e. The maximum atomic E-state index is 12.4. The molecule has 0 atom stereocenters. The fraction of sp³-hybridized carbons (Fsp3) is 0.158. The van der Waals surface area contributed by atoms with Gasteiger partial charge in [0.2, 0.25) is 0 Å². The summed E-state index contributed by atoms with van der Waals surface area (Å²) in [7, 11) is 0. The Bertz CT molecular complexity index is 1010. The zero-order valence-electron chi connectivity index (χ0n) is 14.1. The van der Waals surface area contributed by atoms with Crippen LogP contribution in [0.5, 0.6) is 0 Å². The van der Waals surface area contributed by atoms with Gasteiger partial charge in [-0.3, -0.25) is 18.8 Å². The average Bonchev–Trinajstić information content (AvgIpc) is 2.66. The summed E-state index contributed by atoms with van der Waals surface area (Å²) in [5.41, 5.74) is 1.53. The molecule has 0 spiro atoms. The molecule has 0 saturated heterocycles. The van der Waals surface area contributed by atoms with Crippen LogP contribution in [0, 0.1) is 6.92 Å². The van der Waals surface area contributed by atoms with E-state index in [4.69, 9.17) is 4.74 Å². The molecule has 0 aliphatic rings. The van der Waals surface area contributed by atoms with Gasteiger partial charge in [0.15, 0.2) is 0 Å². The van der Waals surface area contributed by atoms with Gasteiger partial charge in [-0.15, -0.1) is 0 Å². The fourth-order valence-corrected chi connectivity index (χ4v) is 2.38. The predicted molar refractivity (Wildman–Crippen MR) is 94.8 cm³/mol. The van der Waals surface area contributed by atoms with Crippen molar-refractivity contribution in [1.29, 1.82) is 0 Å². The number of pyridine rings is 1. The van der Waals surface area contributed by atoms with Crippen LogP contribution in [-0.2, 0) is 16.1 Å². The summed E-state index contributed by atoms with van der Waals surface area (Å²) in [5.74, 6) is -1.26. The lowest BCUT2D eigenvalue weighted by Gasteiger charge is -2.07. The molecule has 0 saturated carbocycles. The number of carbonyl (C=O) groups is 2. The Balaban J connectivity index is 1.63. The second-order valence-electron chi connectivity index (χ2n) is 5.74. The molecule has 1 aromatic carbocycles. The van der Waals surface area contributed by atoms with Crippen molar-refractivity contribution < 1.29 is 14.3 Å². The van der Waals surface area contributed by atoms with Crippen molar-refractivity contribution in [3.8, 4) is 0 Å². The smallest absolute Gasteiger partial charge is 0.325 e. The first-order chi connectivity index (χ1) is 12.5. The molecule has 26 heavy (non-hydrogen) atoms. The summed E-state index contributed by atoms with van der Waals surface area (Å²) >= 11 is 0. The highest BCUT2D eigenvalue weighted by Gasteiger charge is 2.15. The first-order valence-electron chi connectivity index (χ1n) is 8.00. The number of carbonyl (C=O) groups excluding carboxylic acids is 2. The van der Waals surface area contributed by atoms with E-state index >= 15 is 0 Å². The van der Waals surface area contributed by atoms with E-state index in [1.54, 1.807) is 12.3 Å². The minimum Gasteiger partial charge on any atom is -0.460 e. The molecule has 0 bridgehead atoms. The number of amides is 1. The SMILES string of the molecule is Cc1ccc2ncc(C(=O)NCC(=O)OCc3ccccc3)c(=O)n2c1. The average molecular weight is 351 g/mol. The molecule has 0 unspecified atom stereocenters. The van der Waals surface area contributed by atoms with Crippen LogP contribution in [0.4, 0.5) is 0 Å². The second-order valence-corrected chi connectivity index (χ2v) is 5.74. The number of aromatic nitrogens is 2. The third-order valence-corrected chi connectivity index (χ3v) is 3.73. The third kappa shape index (κ3) is 3.94. The Morgan fingerprint density at radius 3 is 2.69 bits per heavy atom. The van der Waals surface area contributed by atoms with E-state index in [0.29, 0.717) is 5.65 Å². The highest BCUT2D eigenvalue weighted by atomic mass is 16.5.